The number of carbonyl (C=O) groups is 1. The van der Waals surface area contributed by atoms with Crippen LogP contribution in [0.25, 0.3) is 0 Å². The van der Waals surface area contributed by atoms with E-state index in [2.05, 4.69) is 5.32 Å². The van der Waals surface area contributed by atoms with Crippen molar-refractivity contribution in [3.63, 3.8) is 0 Å². The number of nitrogens with one attached hydrogen (secondary N) is 2. The Hall–Kier alpha value is -2.85. The van der Waals surface area contributed by atoms with Crippen LogP contribution in [0.1, 0.15) is 28.9 Å². The smallest absolute Gasteiger partial charge is 0.437 e. The molecule has 3 N–H and O–H groups in total. The second-order valence-electron chi connectivity index (χ2n) is 6.89. The van der Waals surface area contributed by atoms with Crippen molar-refractivity contribution < 1.29 is 32.5 Å². The number of aliphatic hydroxyl groups is 1. The highest BCUT2D eigenvalue weighted by atomic mass is 32.1. The maximum absolute atomic E-state index is 14.0. The Morgan fingerprint density at radius 2 is 1.87 bits per heavy atom. The van der Waals surface area contributed by atoms with Crippen molar-refractivity contribution >= 4 is 23.1 Å². The molecule has 2 aromatic carbocycles. The Morgan fingerprint density at radius 1 is 1.19 bits per heavy atom. The van der Waals surface area contributed by atoms with E-state index in [1.165, 1.54) is 49.6 Å². The van der Waals surface area contributed by atoms with Gasteiger partial charge in [0.2, 0.25) is 5.72 Å². The van der Waals surface area contributed by atoms with Crippen LogP contribution in [0, 0.1) is 5.92 Å². The largest absolute Gasteiger partial charge is 0.493 e. The van der Waals surface area contributed by atoms with Gasteiger partial charge in [0, 0.05) is 5.56 Å². The summed E-state index contributed by atoms with van der Waals surface area (Å²) in [5.41, 5.74) is -3.30. The molecule has 1 saturated heterocycles. The highest BCUT2D eigenvalue weighted by Crippen LogP contribution is 2.45. The zero-order valence-corrected chi connectivity index (χ0v) is 17.5. The zero-order valence-electron chi connectivity index (χ0n) is 16.7. The predicted octanol–water partition coefficient (Wildman–Crippen LogP) is 3.36. The third-order valence-electron chi connectivity index (χ3n) is 4.99. The fourth-order valence-corrected chi connectivity index (χ4v) is 3.83. The normalized spacial score (nSPS) is 23.5. The van der Waals surface area contributed by atoms with Crippen molar-refractivity contribution in [3.05, 3.63) is 59.7 Å². The van der Waals surface area contributed by atoms with E-state index < -0.39 is 34.8 Å². The molecule has 0 saturated carbocycles. The average Bonchev–Trinajstić information content (AvgIpc) is 2.73. The molecule has 166 valence electrons. The molecule has 0 aromatic heterocycles. The molecule has 10 heteroatoms. The van der Waals surface area contributed by atoms with Crippen LogP contribution in [0.5, 0.6) is 11.5 Å². The monoisotopic (exact) mass is 454 g/mol. The second kappa shape index (κ2) is 8.72. The summed E-state index contributed by atoms with van der Waals surface area (Å²) in [6, 6.07) is 10.7. The molecule has 0 radical (unpaired) electrons. The first kappa shape index (κ1) is 22.8. The van der Waals surface area contributed by atoms with Gasteiger partial charge in [0.25, 0.3) is 0 Å². The van der Waals surface area contributed by atoms with Crippen LogP contribution in [-0.4, -0.2) is 41.6 Å². The Balaban J connectivity index is 2.16. The molecular weight excluding hydrogens is 433 g/mol. The van der Waals surface area contributed by atoms with Crippen molar-refractivity contribution in [2.24, 2.45) is 5.92 Å². The summed E-state index contributed by atoms with van der Waals surface area (Å²) in [5, 5.41) is 14.9. The van der Waals surface area contributed by atoms with Gasteiger partial charge < -0.3 is 25.2 Å². The summed E-state index contributed by atoms with van der Waals surface area (Å²) >= 11 is 4.94. The number of benzene rings is 2. The molecule has 6 nitrogen and oxygen atoms in total. The van der Waals surface area contributed by atoms with Crippen molar-refractivity contribution in [3.8, 4) is 11.5 Å². The number of Topliss-reactive ketones (excluding diaryl/α,β-unsaturated/α-hetero) is 1. The Kier molecular flexibility index (Phi) is 6.42. The molecule has 2 aromatic rings. The molecule has 0 unspecified atom stereocenters. The third kappa shape index (κ3) is 4.31. The minimum absolute atomic E-state index is 0.0227. The summed E-state index contributed by atoms with van der Waals surface area (Å²) in [5.74, 6) is -2.22. The van der Waals surface area contributed by atoms with Crippen LogP contribution >= 0.6 is 12.2 Å². The summed E-state index contributed by atoms with van der Waals surface area (Å²) < 4.78 is 52.8. The number of alkyl halides is 3. The number of hydrogen-bond donors (Lipinski definition) is 3. The SMILES string of the molecule is CCOc1ccc([C@H]2NC(=S)N[C@](O)(C(F)(F)F)[C@@H]2C(=O)c2ccccc2)cc1OC. The maximum Gasteiger partial charge on any atom is 0.437 e. The van der Waals surface area contributed by atoms with Crippen LogP contribution in [0.15, 0.2) is 48.5 Å². The maximum atomic E-state index is 14.0. The summed E-state index contributed by atoms with van der Waals surface area (Å²) in [4.78, 5) is 13.2. The van der Waals surface area contributed by atoms with Gasteiger partial charge >= 0.3 is 6.18 Å². The number of carbonyl (C=O) groups excluding carboxylic acids is 1. The van der Waals surface area contributed by atoms with Crippen molar-refractivity contribution in [1.29, 1.82) is 0 Å². The van der Waals surface area contributed by atoms with E-state index in [-0.39, 0.29) is 16.9 Å². The first-order valence-electron chi connectivity index (χ1n) is 9.40. The van der Waals surface area contributed by atoms with Gasteiger partial charge in [-0.3, -0.25) is 4.79 Å². The van der Waals surface area contributed by atoms with Crippen LogP contribution in [-0.2, 0) is 0 Å². The zero-order chi connectivity index (χ0) is 22.8. The molecule has 1 aliphatic heterocycles. The summed E-state index contributed by atoms with van der Waals surface area (Å²) in [6.45, 7) is 2.13. The van der Waals surface area contributed by atoms with Gasteiger partial charge in [-0.25, -0.2) is 0 Å². The van der Waals surface area contributed by atoms with Crippen LogP contribution in [0.2, 0.25) is 0 Å². The topological polar surface area (TPSA) is 79.8 Å². The molecule has 31 heavy (non-hydrogen) atoms. The lowest BCUT2D eigenvalue weighted by molar-refractivity contribution is -0.285. The van der Waals surface area contributed by atoms with Gasteiger partial charge in [0.1, 0.15) is 5.92 Å². The molecule has 1 heterocycles. The number of thiocarbonyl (C=S) groups is 1. The van der Waals surface area contributed by atoms with E-state index in [0.717, 1.165) is 0 Å². The minimum atomic E-state index is -5.19. The van der Waals surface area contributed by atoms with Gasteiger partial charge in [0.15, 0.2) is 22.4 Å². The van der Waals surface area contributed by atoms with E-state index in [0.29, 0.717) is 12.4 Å². The lowest BCUT2D eigenvalue weighted by atomic mass is 9.77. The standard InChI is InChI=1S/C21H21F3N2O4S/c1-3-30-14-10-9-13(11-15(14)29-2)17-16(18(27)12-7-5-4-6-8-12)20(28,21(22,23)24)26-19(31)25-17/h4-11,16-17,28H,3H2,1-2H3,(H2,25,26,31)/t16-,17+,20+/m0/s1. The van der Waals surface area contributed by atoms with Crippen LogP contribution < -0.4 is 20.1 Å². The summed E-state index contributed by atoms with van der Waals surface area (Å²) in [6.07, 6.45) is -5.19. The minimum Gasteiger partial charge on any atom is -0.493 e. The highest BCUT2D eigenvalue weighted by molar-refractivity contribution is 7.80. The lowest BCUT2D eigenvalue weighted by Gasteiger charge is -2.46. The Labute approximate surface area is 182 Å². The third-order valence-corrected chi connectivity index (χ3v) is 5.21. The number of rotatable bonds is 6. The lowest BCUT2D eigenvalue weighted by Crippen LogP contribution is -2.72. The molecule has 0 spiro atoms. The Morgan fingerprint density at radius 3 is 2.45 bits per heavy atom. The van der Waals surface area contributed by atoms with Crippen LogP contribution in [0.3, 0.4) is 0 Å². The molecule has 3 rings (SSSR count). The van der Waals surface area contributed by atoms with E-state index in [1.54, 1.807) is 13.0 Å². The van der Waals surface area contributed by atoms with Gasteiger partial charge in [0.05, 0.1) is 19.8 Å². The molecule has 1 aliphatic rings. The first-order chi connectivity index (χ1) is 14.6. The van der Waals surface area contributed by atoms with Gasteiger partial charge in [-0.1, -0.05) is 36.4 Å². The first-order valence-corrected chi connectivity index (χ1v) is 9.81. The Bertz CT molecular complexity index is 971. The van der Waals surface area contributed by atoms with Gasteiger partial charge in [-0.2, -0.15) is 13.2 Å². The van der Waals surface area contributed by atoms with Crippen LogP contribution in [0.4, 0.5) is 13.2 Å². The average molecular weight is 454 g/mol. The summed E-state index contributed by atoms with van der Waals surface area (Å²) in [7, 11) is 1.39. The van der Waals surface area contributed by atoms with Crippen molar-refractivity contribution in [2.45, 2.75) is 24.9 Å². The number of hydrogen-bond acceptors (Lipinski definition) is 5. The second-order valence-corrected chi connectivity index (χ2v) is 7.30. The van der Waals surface area contributed by atoms with E-state index >= 15 is 0 Å². The molecule has 0 bridgehead atoms. The molecule has 0 aliphatic carbocycles. The number of halogens is 3. The van der Waals surface area contributed by atoms with E-state index in [4.69, 9.17) is 21.7 Å². The van der Waals surface area contributed by atoms with Crippen molar-refractivity contribution in [1.82, 2.24) is 10.6 Å². The fourth-order valence-electron chi connectivity index (χ4n) is 3.55. The molecular formula is C21H21F3N2O4S. The predicted molar refractivity (Wildman–Crippen MR) is 111 cm³/mol. The van der Waals surface area contributed by atoms with Gasteiger partial charge in [-0.05, 0) is 36.8 Å². The van der Waals surface area contributed by atoms with E-state index in [9.17, 15) is 23.1 Å². The van der Waals surface area contributed by atoms with E-state index in [1.807, 2.05) is 5.32 Å². The quantitative estimate of drug-likeness (QED) is 0.456. The number of ketones is 1. The van der Waals surface area contributed by atoms with Crippen molar-refractivity contribution in [2.75, 3.05) is 13.7 Å². The fraction of sp³-hybridized carbons (Fsp3) is 0.333. The molecule has 1 fully saturated rings. The molecule has 0 amide bonds. The number of ether oxygens (including phenoxy) is 2. The number of methoxy groups -OCH3 is 1. The molecule has 3 atom stereocenters. The van der Waals surface area contributed by atoms with Gasteiger partial charge in [-0.15, -0.1) is 0 Å². The highest BCUT2D eigenvalue weighted by Gasteiger charge is 2.65.